The molecule has 2 aromatic rings. The molecule has 126 valence electrons. The number of para-hydroxylation sites is 2. The Hall–Kier alpha value is -2.61. The molecular weight excluding hydrogens is 378 g/mol. The highest BCUT2D eigenvalue weighted by Gasteiger charge is 2.12. The monoisotopic (exact) mass is 393 g/mol. The zero-order valence-electron chi connectivity index (χ0n) is 13.2. The van der Waals surface area contributed by atoms with Gasteiger partial charge in [0.15, 0.2) is 11.5 Å². The first-order valence-electron chi connectivity index (χ1n) is 7.09. The van der Waals surface area contributed by atoms with Crippen molar-refractivity contribution in [2.24, 2.45) is 5.10 Å². The molecular formula is C16H16BrN3O4. The van der Waals surface area contributed by atoms with Gasteiger partial charge in [-0.3, -0.25) is 15.5 Å². The van der Waals surface area contributed by atoms with Gasteiger partial charge in [0.05, 0.1) is 29.3 Å². The summed E-state index contributed by atoms with van der Waals surface area (Å²) < 4.78 is 11.6. The van der Waals surface area contributed by atoms with Crippen LogP contribution >= 0.6 is 15.9 Å². The molecule has 0 saturated carbocycles. The maximum atomic E-state index is 11.0. The number of nitrogens with zero attached hydrogens (tertiary/aromatic N) is 2. The van der Waals surface area contributed by atoms with Crippen molar-refractivity contribution in [2.45, 2.75) is 6.92 Å². The molecule has 0 aliphatic heterocycles. The van der Waals surface area contributed by atoms with E-state index in [0.29, 0.717) is 23.8 Å². The second kappa shape index (κ2) is 8.30. The van der Waals surface area contributed by atoms with E-state index in [1.165, 1.54) is 6.07 Å². The van der Waals surface area contributed by atoms with Gasteiger partial charge in [-0.15, -0.1) is 0 Å². The van der Waals surface area contributed by atoms with Crippen LogP contribution in [0.1, 0.15) is 12.5 Å². The molecule has 0 radical (unpaired) electrons. The number of ether oxygens (including phenoxy) is 2. The summed E-state index contributed by atoms with van der Waals surface area (Å²) in [5.74, 6) is 1.18. The molecule has 7 nitrogen and oxygen atoms in total. The van der Waals surface area contributed by atoms with Crippen LogP contribution in [0.25, 0.3) is 0 Å². The topological polar surface area (TPSA) is 86.0 Å². The van der Waals surface area contributed by atoms with Gasteiger partial charge < -0.3 is 9.47 Å². The third-order valence-corrected chi connectivity index (χ3v) is 3.62. The van der Waals surface area contributed by atoms with E-state index < -0.39 is 4.92 Å². The second-order valence-electron chi connectivity index (χ2n) is 4.61. The number of rotatable bonds is 7. The number of halogens is 1. The maximum absolute atomic E-state index is 11.0. The summed E-state index contributed by atoms with van der Waals surface area (Å²) in [6.45, 7) is 2.38. The van der Waals surface area contributed by atoms with Gasteiger partial charge in [0.1, 0.15) is 5.69 Å². The third kappa shape index (κ3) is 4.23. The summed E-state index contributed by atoms with van der Waals surface area (Å²) in [6.07, 6.45) is 1.55. The molecule has 0 fully saturated rings. The lowest BCUT2D eigenvalue weighted by Crippen LogP contribution is -1.99. The van der Waals surface area contributed by atoms with Gasteiger partial charge in [0, 0.05) is 6.07 Å². The van der Waals surface area contributed by atoms with Crippen molar-refractivity contribution in [3.8, 4) is 11.5 Å². The Balaban J connectivity index is 2.22. The fourth-order valence-corrected chi connectivity index (χ4v) is 2.65. The van der Waals surface area contributed by atoms with Gasteiger partial charge in [0.2, 0.25) is 0 Å². The highest BCUT2D eigenvalue weighted by atomic mass is 79.9. The van der Waals surface area contributed by atoms with Crippen molar-refractivity contribution in [3.05, 3.63) is 56.5 Å². The number of nitro benzene ring substituents is 1. The fourth-order valence-electron chi connectivity index (χ4n) is 2.03. The molecule has 0 atom stereocenters. The molecule has 2 rings (SSSR count). The van der Waals surface area contributed by atoms with Crippen LogP contribution in [0, 0.1) is 10.1 Å². The van der Waals surface area contributed by atoms with Crippen LogP contribution in [0.15, 0.2) is 46.0 Å². The summed E-state index contributed by atoms with van der Waals surface area (Å²) in [5, 5.41) is 15.0. The van der Waals surface area contributed by atoms with Crippen LogP contribution in [0.5, 0.6) is 11.5 Å². The van der Waals surface area contributed by atoms with Gasteiger partial charge in [-0.05, 0) is 46.6 Å². The molecule has 0 bridgehead atoms. The minimum atomic E-state index is -0.463. The number of hydrogen-bond donors (Lipinski definition) is 1. The minimum Gasteiger partial charge on any atom is -0.492 e. The summed E-state index contributed by atoms with van der Waals surface area (Å²) in [6, 6.07) is 9.88. The van der Waals surface area contributed by atoms with Crippen molar-refractivity contribution in [2.75, 3.05) is 19.1 Å². The van der Waals surface area contributed by atoms with Crippen molar-refractivity contribution < 1.29 is 14.4 Å². The van der Waals surface area contributed by atoms with E-state index in [4.69, 9.17) is 9.47 Å². The zero-order chi connectivity index (χ0) is 17.5. The SMILES string of the molecule is CCOc1cc(/C=N\Nc2ccccc2[N+](=O)[O-])cc(Br)c1OC. The van der Waals surface area contributed by atoms with E-state index in [-0.39, 0.29) is 5.69 Å². The Morgan fingerprint density at radius 1 is 1.38 bits per heavy atom. The number of nitro groups is 1. The highest BCUT2D eigenvalue weighted by molar-refractivity contribution is 9.10. The van der Waals surface area contributed by atoms with E-state index in [0.717, 1.165) is 10.0 Å². The number of benzene rings is 2. The molecule has 24 heavy (non-hydrogen) atoms. The molecule has 8 heteroatoms. The molecule has 0 aromatic heterocycles. The van der Waals surface area contributed by atoms with Crippen LogP contribution in [0.2, 0.25) is 0 Å². The van der Waals surface area contributed by atoms with E-state index in [2.05, 4.69) is 26.5 Å². The third-order valence-electron chi connectivity index (χ3n) is 3.04. The fraction of sp³-hybridized carbons (Fsp3) is 0.188. The van der Waals surface area contributed by atoms with Gasteiger partial charge in [-0.25, -0.2) is 0 Å². The predicted octanol–water partition coefficient (Wildman–Crippen LogP) is 4.21. The Morgan fingerprint density at radius 3 is 2.79 bits per heavy atom. The Bertz CT molecular complexity index is 765. The molecule has 0 spiro atoms. The molecule has 1 N–H and O–H groups in total. The van der Waals surface area contributed by atoms with Gasteiger partial charge in [0.25, 0.3) is 5.69 Å². The lowest BCUT2D eigenvalue weighted by Gasteiger charge is -2.11. The minimum absolute atomic E-state index is 0.0411. The first kappa shape index (κ1) is 17.7. The predicted molar refractivity (Wildman–Crippen MR) is 96.2 cm³/mol. The van der Waals surface area contributed by atoms with Crippen LogP contribution in [-0.2, 0) is 0 Å². The van der Waals surface area contributed by atoms with Crippen LogP contribution in [0.3, 0.4) is 0 Å². The van der Waals surface area contributed by atoms with E-state index in [1.807, 2.05) is 13.0 Å². The lowest BCUT2D eigenvalue weighted by molar-refractivity contribution is -0.384. The van der Waals surface area contributed by atoms with E-state index in [1.54, 1.807) is 37.6 Å². The normalized spacial score (nSPS) is 10.6. The number of methoxy groups -OCH3 is 1. The first-order valence-corrected chi connectivity index (χ1v) is 7.89. The molecule has 2 aromatic carbocycles. The quantitative estimate of drug-likeness (QED) is 0.432. The van der Waals surface area contributed by atoms with Crippen molar-refractivity contribution in [1.29, 1.82) is 0 Å². The number of nitrogens with one attached hydrogen (secondary N) is 1. The van der Waals surface area contributed by atoms with Gasteiger partial charge in [-0.1, -0.05) is 12.1 Å². The molecule has 0 aliphatic rings. The Morgan fingerprint density at radius 2 is 2.12 bits per heavy atom. The van der Waals surface area contributed by atoms with Crippen LogP contribution < -0.4 is 14.9 Å². The average molecular weight is 394 g/mol. The summed E-state index contributed by atoms with van der Waals surface area (Å²) in [4.78, 5) is 10.5. The van der Waals surface area contributed by atoms with Crippen molar-refractivity contribution in [3.63, 3.8) is 0 Å². The van der Waals surface area contributed by atoms with Crippen LogP contribution in [-0.4, -0.2) is 24.9 Å². The lowest BCUT2D eigenvalue weighted by atomic mass is 10.2. The smallest absolute Gasteiger partial charge is 0.294 e. The van der Waals surface area contributed by atoms with Crippen molar-refractivity contribution in [1.82, 2.24) is 0 Å². The Labute approximate surface area is 147 Å². The highest BCUT2D eigenvalue weighted by Crippen LogP contribution is 2.36. The molecule has 0 amide bonds. The molecule has 0 aliphatic carbocycles. The number of anilines is 1. The Kier molecular flexibility index (Phi) is 6.14. The zero-order valence-corrected chi connectivity index (χ0v) is 14.7. The van der Waals surface area contributed by atoms with E-state index in [9.17, 15) is 10.1 Å². The maximum Gasteiger partial charge on any atom is 0.294 e. The van der Waals surface area contributed by atoms with E-state index >= 15 is 0 Å². The summed E-state index contributed by atoms with van der Waals surface area (Å²) in [7, 11) is 1.56. The summed E-state index contributed by atoms with van der Waals surface area (Å²) in [5.41, 5.74) is 3.71. The first-order chi connectivity index (χ1) is 11.6. The second-order valence-corrected chi connectivity index (χ2v) is 5.47. The number of hydrogen-bond acceptors (Lipinski definition) is 6. The van der Waals surface area contributed by atoms with Crippen molar-refractivity contribution >= 4 is 33.5 Å². The van der Waals surface area contributed by atoms with Gasteiger partial charge >= 0.3 is 0 Å². The summed E-state index contributed by atoms with van der Waals surface area (Å²) >= 11 is 3.42. The van der Waals surface area contributed by atoms with Crippen LogP contribution in [0.4, 0.5) is 11.4 Å². The standard InChI is InChI=1S/C16H16BrN3O4/c1-3-24-15-9-11(8-12(17)16(15)23-2)10-18-19-13-6-4-5-7-14(13)20(21)22/h4-10,19H,3H2,1-2H3/b18-10-. The molecule has 0 saturated heterocycles. The number of hydrazone groups is 1. The molecule has 0 heterocycles. The molecule has 0 unspecified atom stereocenters. The average Bonchev–Trinajstić information content (AvgIpc) is 2.55. The largest absolute Gasteiger partial charge is 0.492 e. The van der Waals surface area contributed by atoms with Gasteiger partial charge in [-0.2, -0.15) is 5.10 Å².